The van der Waals surface area contributed by atoms with Gasteiger partial charge in [0.15, 0.2) is 11.2 Å². The van der Waals surface area contributed by atoms with Gasteiger partial charge < -0.3 is 9.72 Å². The maximum absolute atomic E-state index is 13.0. The number of nitrogens with one attached hydrogen (secondary N) is 1. The van der Waals surface area contributed by atoms with E-state index in [0.29, 0.717) is 35.4 Å². The Morgan fingerprint density at radius 1 is 1.27 bits per heavy atom. The van der Waals surface area contributed by atoms with Gasteiger partial charge in [-0.15, -0.1) is 0 Å². The molecule has 1 aliphatic rings. The highest BCUT2D eigenvalue weighted by Gasteiger charge is 2.23. The first-order chi connectivity index (χ1) is 12.7. The van der Waals surface area contributed by atoms with Crippen molar-refractivity contribution in [3.63, 3.8) is 0 Å². The summed E-state index contributed by atoms with van der Waals surface area (Å²) in [5, 5.41) is 0. The predicted molar refractivity (Wildman–Crippen MR) is 101 cm³/mol. The summed E-state index contributed by atoms with van der Waals surface area (Å²) in [6.45, 7) is 4.59. The topological polar surface area (TPSA) is 72.8 Å². The van der Waals surface area contributed by atoms with E-state index in [4.69, 9.17) is 4.74 Å². The number of imidazole rings is 1. The molecule has 1 aliphatic carbocycles. The van der Waals surface area contributed by atoms with Crippen LogP contribution in [0, 0.1) is 6.92 Å². The van der Waals surface area contributed by atoms with Crippen LogP contribution in [0.5, 0.6) is 11.8 Å². The van der Waals surface area contributed by atoms with E-state index >= 15 is 0 Å². The van der Waals surface area contributed by atoms with Crippen molar-refractivity contribution in [3.8, 4) is 11.8 Å². The van der Waals surface area contributed by atoms with Crippen LogP contribution in [0.4, 0.5) is 0 Å². The second-order valence-corrected chi connectivity index (χ2v) is 7.07. The summed E-state index contributed by atoms with van der Waals surface area (Å²) in [6, 6.07) is 8.04. The number of ether oxygens (including phenoxy) is 1. The molecule has 0 bridgehead atoms. The third-order valence-electron chi connectivity index (χ3n) is 4.98. The Morgan fingerprint density at radius 2 is 2.08 bits per heavy atom. The number of H-pyrrole nitrogens is 1. The third kappa shape index (κ3) is 3.11. The van der Waals surface area contributed by atoms with Crippen molar-refractivity contribution in [1.82, 2.24) is 19.5 Å². The molecule has 0 atom stereocenters. The molecule has 2 heterocycles. The Bertz CT molecular complexity index is 983. The lowest BCUT2D eigenvalue weighted by Crippen LogP contribution is -2.23. The van der Waals surface area contributed by atoms with Gasteiger partial charge in [0, 0.05) is 12.5 Å². The van der Waals surface area contributed by atoms with Crippen LogP contribution in [0.25, 0.3) is 11.2 Å². The molecule has 136 valence electrons. The van der Waals surface area contributed by atoms with Crippen molar-refractivity contribution < 1.29 is 4.74 Å². The van der Waals surface area contributed by atoms with Gasteiger partial charge >= 0.3 is 6.01 Å². The highest BCUT2D eigenvalue weighted by atomic mass is 16.5. The molecule has 0 radical (unpaired) electrons. The minimum Gasteiger partial charge on any atom is -0.425 e. The molecule has 6 nitrogen and oxygen atoms in total. The molecular formula is C20H24N4O2. The highest BCUT2D eigenvalue weighted by Crippen LogP contribution is 2.33. The first-order valence-electron chi connectivity index (χ1n) is 9.40. The normalized spacial score (nSPS) is 15.0. The molecule has 26 heavy (non-hydrogen) atoms. The van der Waals surface area contributed by atoms with Gasteiger partial charge in [-0.25, -0.2) is 4.98 Å². The Labute approximate surface area is 152 Å². The number of fused-ring (bicyclic) bond motifs is 1. The first-order valence-corrected chi connectivity index (χ1v) is 9.40. The van der Waals surface area contributed by atoms with Crippen molar-refractivity contribution in [2.24, 2.45) is 0 Å². The van der Waals surface area contributed by atoms with Crippen molar-refractivity contribution in [1.29, 1.82) is 0 Å². The van der Waals surface area contributed by atoms with Gasteiger partial charge in [0.2, 0.25) is 0 Å². The van der Waals surface area contributed by atoms with E-state index in [1.54, 1.807) is 4.57 Å². The van der Waals surface area contributed by atoms with Gasteiger partial charge in [0.1, 0.15) is 11.6 Å². The number of aromatic amines is 1. The average Bonchev–Trinajstić information content (AvgIpc) is 3.27. The summed E-state index contributed by atoms with van der Waals surface area (Å²) in [5.74, 6) is 1.97. The van der Waals surface area contributed by atoms with Crippen LogP contribution >= 0.6 is 0 Å². The van der Waals surface area contributed by atoms with Crippen LogP contribution < -0.4 is 10.3 Å². The second kappa shape index (κ2) is 6.94. The van der Waals surface area contributed by atoms with E-state index in [1.807, 2.05) is 38.1 Å². The number of hydrogen-bond acceptors (Lipinski definition) is 4. The van der Waals surface area contributed by atoms with E-state index in [0.717, 1.165) is 30.7 Å². The molecule has 1 aromatic carbocycles. The molecule has 3 aromatic rings. The van der Waals surface area contributed by atoms with Crippen molar-refractivity contribution in [2.75, 3.05) is 0 Å². The molecular weight excluding hydrogens is 328 g/mol. The molecule has 0 spiro atoms. The molecule has 1 saturated carbocycles. The SMILES string of the molecule is CCCn1c(Oc2cccc(C)c2)nc2nc(C3CCCC3)[nH]c2c1=O. The smallest absolute Gasteiger partial charge is 0.306 e. The minimum atomic E-state index is -0.115. The van der Waals surface area contributed by atoms with Gasteiger partial charge in [0.05, 0.1) is 0 Å². The molecule has 4 rings (SSSR count). The number of hydrogen-bond donors (Lipinski definition) is 1. The summed E-state index contributed by atoms with van der Waals surface area (Å²) in [4.78, 5) is 25.4. The molecule has 0 amide bonds. The quantitative estimate of drug-likeness (QED) is 0.743. The van der Waals surface area contributed by atoms with Gasteiger partial charge in [-0.3, -0.25) is 9.36 Å². The molecule has 1 fully saturated rings. The molecule has 2 aromatic heterocycles. The van der Waals surface area contributed by atoms with Crippen LogP contribution in [-0.2, 0) is 6.54 Å². The summed E-state index contributed by atoms with van der Waals surface area (Å²) < 4.78 is 7.56. The monoisotopic (exact) mass is 352 g/mol. The predicted octanol–water partition coefficient (Wildman–Crippen LogP) is 4.29. The van der Waals surface area contributed by atoms with Crippen molar-refractivity contribution in [2.45, 2.75) is 58.4 Å². The summed E-state index contributed by atoms with van der Waals surface area (Å²) in [5.41, 5.74) is 1.91. The minimum absolute atomic E-state index is 0.115. The average molecular weight is 352 g/mol. The van der Waals surface area contributed by atoms with Crippen LogP contribution in [0.15, 0.2) is 29.1 Å². The van der Waals surface area contributed by atoms with Crippen molar-refractivity contribution >= 4 is 11.2 Å². The second-order valence-electron chi connectivity index (χ2n) is 7.07. The maximum Gasteiger partial charge on any atom is 0.306 e. The van der Waals surface area contributed by atoms with Crippen LogP contribution in [0.1, 0.15) is 56.3 Å². The molecule has 0 aliphatic heterocycles. The van der Waals surface area contributed by atoms with Crippen LogP contribution in [-0.4, -0.2) is 19.5 Å². The standard InChI is InChI=1S/C20H24N4O2/c1-3-11-24-19(25)16-18(22-17(21-16)14-8-4-5-9-14)23-20(24)26-15-10-6-7-13(2)12-15/h6-7,10,12,14H,3-5,8-9,11H2,1-2H3,(H,21,22). The number of rotatable bonds is 5. The number of benzene rings is 1. The highest BCUT2D eigenvalue weighted by molar-refractivity contribution is 5.70. The number of aryl methyl sites for hydroxylation is 1. The fourth-order valence-corrected chi connectivity index (χ4v) is 3.66. The van der Waals surface area contributed by atoms with Gasteiger partial charge in [0.25, 0.3) is 5.56 Å². The van der Waals surface area contributed by atoms with Crippen LogP contribution in [0.2, 0.25) is 0 Å². The lowest BCUT2D eigenvalue weighted by molar-refractivity contribution is 0.398. The summed E-state index contributed by atoms with van der Waals surface area (Å²) in [7, 11) is 0. The lowest BCUT2D eigenvalue weighted by atomic mass is 10.1. The largest absolute Gasteiger partial charge is 0.425 e. The number of nitrogens with zero attached hydrogens (tertiary/aromatic N) is 3. The summed E-state index contributed by atoms with van der Waals surface area (Å²) >= 11 is 0. The Hall–Kier alpha value is -2.63. The van der Waals surface area contributed by atoms with E-state index in [2.05, 4.69) is 15.0 Å². The van der Waals surface area contributed by atoms with Crippen molar-refractivity contribution in [3.05, 3.63) is 46.0 Å². The summed E-state index contributed by atoms with van der Waals surface area (Å²) in [6.07, 6.45) is 5.50. The molecule has 6 heteroatoms. The Kier molecular flexibility index (Phi) is 4.49. The fraction of sp³-hybridized carbons (Fsp3) is 0.450. The van der Waals surface area contributed by atoms with Gasteiger partial charge in [-0.1, -0.05) is 31.9 Å². The zero-order chi connectivity index (χ0) is 18.1. The zero-order valence-corrected chi connectivity index (χ0v) is 15.3. The van der Waals surface area contributed by atoms with E-state index in [9.17, 15) is 4.79 Å². The maximum atomic E-state index is 13.0. The molecule has 0 saturated heterocycles. The zero-order valence-electron chi connectivity index (χ0n) is 15.3. The lowest BCUT2D eigenvalue weighted by Gasteiger charge is -2.11. The third-order valence-corrected chi connectivity index (χ3v) is 4.98. The van der Waals surface area contributed by atoms with Gasteiger partial charge in [-0.05, 0) is 43.9 Å². The molecule has 0 unspecified atom stereocenters. The fourth-order valence-electron chi connectivity index (χ4n) is 3.66. The van der Waals surface area contributed by atoms with E-state index < -0.39 is 0 Å². The van der Waals surface area contributed by atoms with Crippen LogP contribution in [0.3, 0.4) is 0 Å². The Morgan fingerprint density at radius 3 is 2.81 bits per heavy atom. The Balaban J connectivity index is 1.79. The van der Waals surface area contributed by atoms with E-state index in [-0.39, 0.29) is 5.56 Å². The number of aromatic nitrogens is 4. The van der Waals surface area contributed by atoms with E-state index in [1.165, 1.54) is 12.8 Å². The van der Waals surface area contributed by atoms with Gasteiger partial charge in [-0.2, -0.15) is 4.98 Å². The first kappa shape index (κ1) is 16.8. The molecule has 1 N–H and O–H groups in total.